The van der Waals surface area contributed by atoms with Crippen molar-refractivity contribution in [3.8, 4) is 10.6 Å². The zero-order valence-corrected chi connectivity index (χ0v) is 16.3. The number of carbonyl (C=O) groups excluding carboxylic acids is 2. The molecule has 2 rings (SSSR count). The zero-order valence-electron chi connectivity index (χ0n) is 15.5. The van der Waals surface area contributed by atoms with Crippen LogP contribution in [-0.4, -0.2) is 35.7 Å². The van der Waals surface area contributed by atoms with Crippen LogP contribution in [-0.2, 0) is 10.9 Å². The number of rotatable bonds is 5. The number of nitrogens with zero attached hydrogens (tertiary/aromatic N) is 1. The van der Waals surface area contributed by atoms with E-state index in [0.717, 1.165) is 23.5 Å². The van der Waals surface area contributed by atoms with Gasteiger partial charge in [0, 0.05) is 24.0 Å². The second kappa shape index (κ2) is 8.59. The van der Waals surface area contributed by atoms with Gasteiger partial charge in [-0.2, -0.15) is 13.2 Å². The molecule has 152 valence electrons. The van der Waals surface area contributed by atoms with E-state index in [1.807, 2.05) is 0 Å². The summed E-state index contributed by atoms with van der Waals surface area (Å²) >= 11 is 1.07. The van der Waals surface area contributed by atoms with E-state index in [1.165, 1.54) is 17.5 Å². The van der Waals surface area contributed by atoms with Crippen molar-refractivity contribution in [1.29, 1.82) is 0 Å². The standard InChI is InChI=1S/C18H20F3N3O3S/c1-17(2,3)27-16(26)23-8-7-22-14(25)13-10-28-15(24-13)11-5-4-6-12(9-11)18(19,20)21/h4-6,9-10H,7-8H2,1-3H3,(H,22,25)(H,23,26). The second-order valence-corrected chi connectivity index (χ2v) is 7.66. The lowest BCUT2D eigenvalue weighted by Gasteiger charge is -2.19. The molecule has 0 spiro atoms. The number of hydrogen-bond donors (Lipinski definition) is 2. The summed E-state index contributed by atoms with van der Waals surface area (Å²) in [4.78, 5) is 27.7. The number of amides is 2. The maximum Gasteiger partial charge on any atom is 0.416 e. The Balaban J connectivity index is 1.90. The number of hydrogen-bond acceptors (Lipinski definition) is 5. The highest BCUT2D eigenvalue weighted by Gasteiger charge is 2.30. The van der Waals surface area contributed by atoms with Gasteiger partial charge in [0.25, 0.3) is 5.91 Å². The molecular formula is C18H20F3N3O3S. The topological polar surface area (TPSA) is 80.3 Å². The molecule has 0 aliphatic rings. The molecule has 0 radical (unpaired) electrons. The van der Waals surface area contributed by atoms with Crippen LogP contribution < -0.4 is 10.6 Å². The first-order chi connectivity index (χ1) is 13.0. The first-order valence-corrected chi connectivity index (χ1v) is 9.22. The van der Waals surface area contributed by atoms with Crippen LogP contribution in [0.25, 0.3) is 10.6 Å². The molecule has 10 heteroatoms. The molecule has 6 nitrogen and oxygen atoms in total. The molecule has 0 atom stereocenters. The molecule has 2 amide bonds. The number of alkyl halides is 3. The predicted octanol–water partition coefficient (Wildman–Crippen LogP) is 4.08. The van der Waals surface area contributed by atoms with Gasteiger partial charge in [0.1, 0.15) is 16.3 Å². The molecule has 0 saturated heterocycles. The number of nitrogens with one attached hydrogen (secondary N) is 2. The third-order valence-corrected chi connectivity index (χ3v) is 4.14. The monoisotopic (exact) mass is 415 g/mol. The number of halogens is 3. The van der Waals surface area contributed by atoms with Crippen LogP contribution in [0.15, 0.2) is 29.6 Å². The molecule has 1 heterocycles. The third-order valence-electron chi connectivity index (χ3n) is 3.25. The van der Waals surface area contributed by atoms with Gasteiger partial charge in [-0.15, -0.1) is 11.3 Å². The number of benzene rings is 1. The lowest BCUT2D eigenvalue weighted by Crippen LogP contribution is -2.37. The van der Waals surface area contributed by atoms with Crippen LogP contribution >= 0.6 is 11.3 Å². The van der Waals surface area contributed by atoms with Crippen molar-refractivity contribution in [2.75, 3.05) is 13.1 Å². The van der Waals surface area contributed by atoms with E-state index in [0.29, 0.717) is 5.01 Å². The summed E-state index contributed by atoms with van der Waals surface area (Å²) in [6, 6.07) is 4.76. The number of alkyl carbamates (subject to hydrolysis) is 1. The molecular weight excluding hydrogens is 395 g/mol. The van der Waals surface area contributed by atoms with E-state index in [4.69, 9.17) is 4.74 Å². The van der Waals surface area contributed by atoms with Crippen molar-refractivity contribution in [2.24, 2.45) is 0 Å². The molecule has 0 aliphatic carbocycles. The predicted molar refractivity (Wildman–Crippen MR) is 99.1 cm³/mol. The number of ether oxygens (including phenoxy) is 1. The third kappa shape index (κ3) is 6.52. The Bertz CT molecular complexity index is 844. The fourth-order valence-corrected chi connectivity index (χ4v) is 2.88. The van der Waals surface area contributed by atoms with Crippen LogP contribution in [0.2, 0.25) is 0 Å². The SMILES string of the molecule is CC(C)(C)OC(=O)NCCNC(=O)c1csc(-c2cccc(C(F)(F)F)c2)n1. The van der Waals surface area contributed by atoms with Gasteiger partial charge in [0.2, 0.25) is 0 Å². The average Bonchev–Trinajstić information content (AvgIpc) is 3.06. The van der Waals surface area contributed by atoms with Crippen LogP contribution in [0, 0.1) is 0 Å². The first kappa shape index (κ1) is 21.7. The fraction of sp³-hybridized carbons (Fsp3) is 0.389. The highest BCUT2D eigenvalue weighted by molar-refractivity contribution is 7.13. The molecule has 2 aromatic rings. The van der Waals surface area contributed by atoms with Gasteiger partial charge in [-0.25, -0.2) is 9.78 Å². The van der Waals surface area contributed by atoms with Crippen LogP contribution in [0.5, 0.6) is 0 Å². The fourth-order valence-electron chi connectivity index (χ4n) is 2.08. The van der Waals surface area contributed by atoms with Gasteiger partial charge in [-0.1, -0.05) is 12.1 Å². The summed E-state index contributed by atoms with van der Waals surface area (Å²) in [6.45, 7) is 5.51. The molecule has 1 aromatic heterocycles. The van der Waals surface area contributed by atoms with Crippen molar-refractivity contribution in [2.45, 2.75) is 32.5 Å². The van der Waals surface area contributed by atoms with Gasteiger partial charge in [-0.3, -0.25) is 4.79 Å². The Labute approximate surface area is 164 Å². The van der Waals surface area contributed by atoms with Crippen molar-refractivity contribution < 1.29 is 27.5 Å². The largest absolute Gasteiger partial charge is 0.444 e. The Morgan fingerprint density at radius 1 is 1.14 bits per heavy atom. The van der Waals surface area contributed by atoms with E-state index in [1.54, 1.807) is 20.8 Å². The van der Waals surface area contributed by atoms with E-state index in [-0.39, 0.29) is 24.3 Å². The number of thiazole rings is 1. The lowest BCUT2D eigenvalue weighted by atomic mass is 10.1. The van der Waals surface area contributed by atoms with Crippen LogP contribution in [0.1, 0.15) is 36.8 Å². The normalized spacial score (nSPS) is 11.8. The summed E-state index contributed by atoms with van der Waals surface area (Å²) in [5, 5.41) is 6.84. The Morgan fingerprint density at radius 3 is 2.46 bits per heavy atom. The molecule has 0 unspecified atom stereocenters. The minimum atomic E-state index is -4.45. The number of carbonyl (C=O) groups is 2. The number of aromatic nitrogens is 1. The highest BCUT2D eigenvalue weighted by Crippen LogP contribution is 2.33. The van der Waals surface area contributed by atoms with Crippen LogP contribution in [0.3, 0.4) is 0 Å². The van der Waals surface area contributed by atoms with Gasteiger partial charge in [-0.05, 0) is 32.9 Å². The molecule has 0 fully saturated rings. The summed E-state index contributed by atoms with van der Waals surface area (Å²) < 4.78 is 43.5. The smallest absolute Gasteiger partial charge is 0.416 e. The zero-order chi connectivity index (χ0) is 20.9. The molecule has 0 saturated carbocycles. The molecule has 2 N–H and O–H groups in total. The summed E-state index contributed by atoms with van der Waals surface area (Å²) in [5.74, 6) is -0.486. The molecule has 0 aliphatic heterocycles. The first-order valence-electron chi connectivity index (χ1n) is 8.34. The van der Waals surface area contributed by atoms with Crippen LogP contribution in [0.4, 0.5) is 18.0 Å². The van der Waals surface area contributed by atoms with Gasteiger partial charge in [0.15, 0.2) is 0 Å². The summed E-state index contributed by atoms with van der Waals surface area (Å²) in [7, 11) is 0. The molecule has 28 heavy (non-hydrogen) atoms. The van der Waals surface area contributed by atoms with Gasteiger partial charge >= 0.3 is 12.3 Å². The highest BCUT2D eigenvalue weighted by atomic mass is 32.1. The molecule has 0 bridgehead atoms. The average molecular weight is 415 g/mol. The second-order valence-electron chi connectivity index (χ2n) is 6.80. The minimum Gasteiger partial charge on any atom is -0.444 e. The van der Waals surface area contributed by atoms with Gasteiger partial charge in [0.05, 0.1) is 5.56 Å². The minimum absolute atomic E-state index is 0.0923. The summed E-state index contributed by atoms with van der Waals surface area (Å²) in [6.07, 6.45) is -5.04. The van der Waals surface area contributed by atoms with E-state index < -0.39 is 29.3 Å². The van der Waals surface area contributed by atoms with E-state index in [9.17, 15) is 22.8 Å². The maximum absolute atomic E-state index is 12.8. The Morgan fingerprint density at radius 2 is 1.82 bits per heavy atom. The van der Waals surface area contributed by atoms with Crippen molar-refractivity contribution in [1.82, 2.24) is 15.6 Å². The van der Waals surface area contributed by atoms with Gasteiger partial charge < -0.3 is 15.4 Å². The van der Waals surface area contributed by atoms with Crippen molar-refractivity contribution in [3.63, 3.8) is 0 Å². The van der Waals surface area contributed by atoms with E-state index >= 15 is 0 Å². The maximum atomic E-state index is 12.8. The summed E-state index contributed by atoms with van der Waals surface area (Å²) in [5.41, 5.74) is -1.02. The Kier molecular flexibility index (Phi) is 6.65. The molecule has 1 aromatic carbocycles. The van der Waals surface area contributed by atoms with Crippen molar-refractivity contribution >= 4 is 23.3 Å². The Hall–Kier alpha value is -2.62. The van der Waals surface area contributed by atoms with E-state index in [2.05, 4.69) is 15.6 Å². The quantitative estimate of drug-likeness (QED) is 0.721. The lowest BCUT2D eigenvalue weighted by molar-refractivity contribution is -0.137. The van der Waals surface area contributed by atoms with Crippen molar-refractivity contribution in [3.05, 3.63) is 40.9 Å².